The zero-order chi connectivity index (χ0) is 18.7. The van der Waals surface area contributed by atoms with Crippen LogP contribution in [0.1, 0.15) is 5.56 Å². The van der Waals surface area contributed by atoms with Crippen molar-refractivity contribution < 1.29 is 13.2 Å². The van der Waals surface area contributed by atoms with E-state index >= 15 is 0 Å². The van der Waals surface area contributed by atoms with Gasteiger partial charge in [-0.05, 0) is 29.3 Å². The zero-order valence-electron chi connectivity index (χ0n) is 14.5. The summed E-state index contributed by atoms with van der Waals surface area (Å²) in [5.41, 5.74) is 2.16. The molecule has 7 nitrogen and oxygen atoms in total. The molecular weight excluding hydrogens is 376 g/mol. The number of benzene rings is 1. The first-order valence-corrected chi connectivity index (χ1v) is 10.1. The number of nitrogens with zero attached hydrogens (tertiary/aromatic N) is 4. The highest BCUT2D eigenvalue weighted by Gasteiger charge is 2.20. The van der Waals surface area contributed by atoms with E-state index in [0.717, 1.165) is 10.9 Å². The van der Waals surface area contributed by atoms with Crippen molar-refractivity contribution in [2.45, 2.75) is 6.54 Å². The minimum Gasteiger partial charge on any atom is -0.383 e. The van der Waals surface area contributed by atoms with Crippen LogP contribution in [0.3, 0.4) is 0 Å². The molecule has 3 aromatic rings. The molecule has 1 aromatic carbocycles. The maximum Gasteiger partial charge on any atom is 0.232 e. The fraction of sp³-hybridized carbons (Fsp3) is 0.294. The van der Waals surface area contributed by atoms with Gasteiger partial charge in [-0.1, -0.05) is 18.2 Å². The lowest BCUT2D eigenvalue weighted by Gasteiger charge is -2.25. The van der Waals surface area contributed by atoms with Crippen LogP contribution in [-0.4, -0.2) is 49.5 Å². The fourth-order valence-corrected chi connectivity index (χ4v) is 3.86. The van der Waals surface area contributed by atoms with Gasteiger partial charge in [0, 0.05) is 24.9 Å². The number of halogens is 1. The molecule has 138 valence electrons. The molecule has 0 amide bonds. The van der Waals surface area contributed by atoms with E-state index in [1.165, 1.54) is 10.6 Å². The number of ether oxygens (including phenoxy) is 1. The van der Waals surface area contributed by atoms with E-state index in [1.54, 1.807) is 19.4 Å². The molecule has 0 saturated heterocycles. The van der Waals surface area contributed by atoms with Crippen molar-refractivity contribution in [2.75, 3.05) is 30.8 Å². The predicted molar refractivity (Wildman–Crippen MR) is 102 cm³/mol. The van der Waals surface area contributed by atoms with Gasteiger partial charge in [0.2, 0.25) is 15.3 Å². The largest absolute Gasteiger partial charge is 0.383 e. The van der Waals surface area contributed by atoms with E-state index < -0.39 is 10.0 Å². The summed E-state index contributed by atoms with van der Waals surface area (Å²) >= 11 is 5.91. The van der Waals surface area contributed by atoms with Crippen LogP contribution in [0.4, 0.5) is 5.69 Å². The van der Waals surface area contributed by atoms with Gasteiger partial charge in [-0.2, -0.15) is 4.98 Å². The van der Waals surface area contributed by atoms with E-state index in [2.05, 4.69) is 9.97 Å². The Morgan fingerprint density at radius 3 is 2.77 bits per heavy atom. The van der Waals surface area contributed by atoms with Crippen LogP contribution in [0.5, 0.6) is 0 Å². The maximum absolute atomic E-state index is 12.3. The molecule has 0 aliphatic carbocycles. The predicted octanol–water partition coefficient (Wildman–Crippen LogP) is 2.55. The van der Waals surface area contributed by atoms with Crippen LogP contribution >= 0.6 is 11.6 Å². The van der Waals surface area contributed by atoms with Crippen LogP contribution < -0.4 is 4.31 Å². The number of para-hydroxylation sites is 1. The molecule has 26 heavy (non-hydrogen) atoms. The Labute approximate surface area is 157 Å². The third-order valence-electron chi connectivity index (χ3n) is 3.97. The number of fused-ring (bicyclic) bond motifs is 1. The summed E-state index contributed by atoms with van der Waals surface area (Å²) in [5.74, 6) is 0. The van der Waals surface area contributed by atoms with Gasteiger partial charge in [0.15, 0.2) is 0 Å². The van der Waals surface area contributed by atoms with E-state index in [0.29, 0.717) is 24.5 Å². The average molecular weight is 395 g/mol. The van der Waals surface area contributed by atoms with Gasteiger partial charge < -0.3 is 9.30 Å². The Hall–Kier alpha value is -2.16. The molecule has 2 heterocycles. The zero-order valence-corrected chi connectivity index (χ0v) is 16.0. The second-order valence-corrected chi connectivity index (χ2v) is 8.06. The molecule has 0 unspecified atom stereocenters. The second-order valence-electron chi connectivity index (χ2n) is 5.82. The number of hydrogen-bond donors (Lipinski definition) is 0. The molecule has 9 heteroatoms. The van der Waals surface area contributed by atoms with Crippen LogP contribution in [-0.2, 0) is 21.3 Å². The van der Waals surface area contributed by atoms with Crippen molar-refractivity contribution in [3.05, 3.63) is 53.6 Å². The average Bonchev–Trinajstić information content (AvgIpc) is 2.97. The highest BCUT2D eigenvalue weighted by Crippen LogP contribution is 2.25. The number of methoxy groups -OCH3 is 1. The standard InChI is InChI=1S/C17H19ClN4O3S/c1-25-10-9-22(26(2,23)24)15-6-4-3-5-14(15)12-21-8-7-13-11-19-17(18)20-16(13)21/h3-8,11H,9-10,12H2,1-2H3. The topological polar surface area (TPSA) is 77.3 Å². The van der Waals surface area contributed by atoms with E-state index in [4.69, 9.17) is 16.3 Å². The normalized spacial score (nSPS) is 11.8. The third-order valence-corrected chi connectivity index (χ3v) is 5.33. The summed E-state index contributed by atoms with van der Waals surface area (Å²) in [7, 11) is -1.90. The van der Waals surface area contributed by atoms with Crippen LogP contribution in [0, 0.1) is 0 Å². The third kappa shape index (κ3) is 3.98. The van der Waals surface area contributed by atoms with Gasteiger partial charge in [0.25, 0.3) is 0 Å². The lowest BCUT2D eigenvalue weighted by atomic mass is 10.1. The molecule has 0 atom stereocenters. The fourth-order valence-electron chi connectivity index (χ4n) is 2.79. The first-order chi connectivity index (χ1) is 12.4. The number of rotatable bonds is 7. The summed E-state index contributed by atoms with van der Waals surface area (Å²) < 4.78 is 32.9. The van der Waals surface area contributed by atoms with Crippen LogP contribution in [0.25, 0.3) is 11.0 Å². The maximum atomic E-state index is 12.3. The molecule has 2 aromatic heterocycles. The summed E-state index contributed by atoms with van der Waals surface area (Å²) in [6.07, 6.45) is 4.73. The quantitative estimate of drug-likeness (QED) is 0.575. The number of sulfonamides is 1. The Bertz CT molecular complexity index is 1020. The lowest BCUT2D eigenvalue weighted by molar-refractivity contribution is 0.208. The number of aromatic nitrogens is 3. The second kappa shape index (κ2) is 7.61. The first-order valence-electron chi connectivity index (χ1n) is 7.92. The molecular formula is C17H19ClN4O3S. The Morgan fingerprint density at radius 1 is 1.27 bits per heavy atom. The van der Waals surface area contributed by atoms with Gasteiger partial charge in [-0.25, -0.2) is 13.4 Å². The van der Waals surface area contributed by atoms with Gasteiger partial charge in [0.05, 0.1) is 31.6 Å². The monoisotopic (exact) mass is 394 g/mol. The highest BCUT2D eigenvalue weighted by atomic mass is 35.5. The highest BCUT2D eigenvalue weighted by molar-refractivity contribution is 7.92. The van der Waals surface area contributed by atoms with Crippen molar-refractivity contribution >= 4 is 38.3 Å². The minimum atomic E-state index is -3.44. The van der Waals surface area contributed by atoms with Crippen molar-refractivity contribution in [2.24, 2.45) is 0 Å². The van der Waals surface area contributed by atoms with E-state index in [1.807, 2.05) is 35.0 Å². The lowest BCUT2D eigenvalue weighted by Crippen LogP contribution is -2.33. The molecule has 0 N–H and O–H groups in total. The van der Waals surface area contributed by atoms with Gasteiger partial charge >= 0.3 is 0 Å². The summed E-state index contributed by atoms with van der Waals surface area (Å²) in [4.78, 5) is 8.25. The van der Waals surface area contributed by atoms with Gasteiger partial charge in [-0.3, -0.25) is 4.31 Å². The van der Waals surface area contributed by atoms with Gasteiger partial charge in [-0.15, -0.1) is 0 Å². The van der Waals surface area contributed by atoms with Crippen molar-refractivity contribution in [3.63, 3.8) is 0 Å². The Balaban J connectivity index is 2.02. The van der Waals surface area contributed by atoms with E-state index in [9.17, 15) is 8.42 Å². The number of hydrogen-bond acceptors (Lipinski definition) is 5. The summed E-state index contributed by atoms with van der Waals surface area (Å²) in [6, 6.07) is 9.28. The molecule has 0 bridgehead atoms. The molecule has 3 rings (SSSR count). The SMILES string of the molecule is COCCN(c1ccccc1Cn1ccc2cnc(Cl)nc21)S(C)(=O)=O. The van der Waals surface area contributed by atoms with Crippen molar-refractivity contribution in [1.29, 1.82) is 0 Å². The molecule has 0 fully saturated rings. The Morgan fingerprint density at radius 2 is 2.04 bits per heavy atom. The van der Waals surface area contributed by atoms with E-state index in [-0.39, 0.29) is 11.8 Å². The molecule has 0 saturated carbocycles. The molecule has 0 radical (unpaired) electrons. The van der Waals surface area contributed by atoms with Crippen molar-refractivity contribution in [1.82, 2.24) is 14.5 Å². The first kappa shape index (κ1) is 18.6. The minimum absolute atomic E-state index is 0.170. The van der Waals surface area contributed by atoms with Crippen LogP contribution in [0.15, 0.2) is 42.7 Å². The summed E-state index contributed by atoms with van der Waals surface area (Å²) in [5, 5.41) is 1.04. The van der Waals surface area contributed by atoms with Crippen LogP contribution in [0.2, 0.25) is 5.28 Å². The van der Waals surface area contributed by atoms with Gasteiger partial charge in [0.1, 0.15) is 5.65 Å². The molecule has 0 aliphatic heterocycles. The number of anilines is 1. The summed E-state index contributed by atoms with van der Waals surface area (Å²) in [6.45, 7) is 0.996. The molecule has 0 spiro atoms. The molecule has 0 aliphatic rings. The smallest absolute Gasteiger partial charge is 0.232 e. The van der Waals surface area contributed by atoms with Crippen molar-refractivity contribution in [3.8, 4) is 0 Å². The Kier molecular flexibility index (Phi) is 5.45.